The van der Waals surface area contributed by atoms with E-state index < -0.39 is 0 Å². The minimum atomic E-state index is -0.0981. The summed E-state index contributed by atoms with van der Waals surface area (Å²) < 4.78 is 1.86. The van der Waals surface area contributed by atoms with Gasteiger partial charge >= 0.3 is 0 Å². The lowest BCUT2D eigenvalue weighted by Crippen LogP contribution is -2.39. The largest absolute Gasteiger partial charge is 0.351 e. The van der Waals surface area contributed by atoms with Gasteiger partial charge in [-0.2, -0.15) is 0 Å². The predicted octanol–water partition coefficient (Wildman–Crippen LogP) is 2.05. The van der Waals surface area contributed by atoms with Crippen molar-refractivity contribution in [3.63, 3.8) is 0 Å². The van der Waals surface area contributed by atoms with E-state index in [2.05, 4.69) is 20.5 Å². The van der Waals surface area contributed by atoms with Gasteiger partial charge in [0.1, 0.15) is 5.65 Å². The molecule has 2 amide bonds. The normalized spacial score (nSPS) is 18.9. The van der Waals surface area contributed by atoms with Gasteiger partial charge in [-0.1, -0.05) is 12.1 Å². The number of amides is 2. The summed E-state index contributed by atoms with van der Waals surface area (Å²) in [4.78, 5) is 32.1. The number of hydrogen-bond donors (Lipinski definition) is 3. The Morgan fingerprint density at radius 2 is 1.94 bits per heavy atom. The number of nitrogens with two attached hydrogens (primary N) is 1. The highest BCUT2D eigenvalue weighted by atomic mass is 16.2. The van der Waals surface area contributed by atoms with Crippen LogP contribution in [-0.4, -0.2) is 64.4 Å². The number of nitrogens with one attached hydrogen (secondary N) is 2. The number of imidazole rings is 1. The van der Waals surface area contributed by atoms with Crippen molar-refractivity contribution in [3.05, 3.63) is 59.9 Å². The number of nitrogens with zero attached hydrogens (tertiary/aromatic N) is 3. The smallest absolute Gasteiger partial charge is 0.252 e. The van der Waals surface area contributed by atoms with Crippen molar-refractivity contribution in [2.24, 2.45) is 5.73 Å². The number of aromatic nitrogens is 2. The summed E-state index contributed by atoms with van der Waals surface area (Å²) in [7, 11) is 0. The minimum absolute atomic E-state index is 0.0496. The van der Waals surface area contributed by atoms with Gasteiger partial charge in [-0.25, -0.2) is 4.98 Å². The Kier molecular flexibility index (Phi) is 6.11. The van der Waals surface area contributed by atoms with Crippen molar-refractivity contribution >= 4 is 17.5 Å². The SMILES string of the molecule is NC1CCN(CCNC(=O)c2cccc(-c3cn4cc(C(=O)NC5CCC5)ccc4n3)c2)C1. The van der Waals surface area contributed by atoms with E-state index in [1.54, 1.807) is 12.3 Å². The van der Waals surface area contributed by atoms with Gasteiger partial charge in [-0.3, -0.25) is 14.5 Å². The zero-order chi connectivity index (χ0) is 22.8. The highest BCUT2D eigenvalue weighted by molar-refractivity contribution is 5.95. The van der Waals surface area contributed by atoms with Crippen LogP contribution in [0.4, 0.5) is 0 Å². The molecule has 1 saturated heterocycles. The maximum atomic E-state index is 12.7. The Hall–Kier alpha value is -3.23. The molecule has 1 saturated carbocycles. The number of pyridine rings is 1. The van der Waals surface area contributed by atoms with Crippen molar-refractivity contribution in [2.75, 3.05) is 26.2 Å². The molecular formula is C25H30N6O2. The molecule has 1 aromatic carbocycles. The van der Waals surface area contributed by atoms with Crippen LogP contribution in [0.5, 0.6) is 0 Å². The Bertz CT molecular complexity index is 1170. The van der Waals surface area contributed by atoms with Gasteiger partial charge < -0.3 is 20.8 Å². The molecule has 1 aliphatic carbocycles. The molecule has 33 heavy (non-hydrogen) atoms. The summed E-state index contributed by atoms with van der Waals surface area (Å²) in [5, 5.41) is 6.07. The molecule has 3 aromatic rings. The van der Waals surface area contributed by atoms with Gasteiger partial charge in [0, 0.05) is 55.2 Å². The lowest BCUT2D eigenvalue weighted by molar-refractivity contribution is 0.0914. The maximum Gasteiger partial charge on any atom is 0.252 e. The van der Waals surface area contributed by atoms with Crippen LogP contribution in [0.15, 0.2) is 48.8 Å². The van der Waals surface area contributed by atoms with E-state index in [9.17, 15) is 9.59 Å². The summed E-state index contributed by atoms with van der Waals surface area (Å²) >= 11 is 0. The van der Waals surface area contributed by atoms with Gasteiger partial charge in [0.05, 0.1) is 11.3 Å². The zero-order valence-electron chi connectivity index (χ0n) is 18.7. The van der Waals surface area contributed by atoms with Crippen LogP contribution in [0, 0.1) is 0 Å². The second-order valence-corrected chi connectivity index (χ2v) is 9.10. The molecule has 0 bridgehead atoms. The Morgan fingerprint density at radius 3 is 2.70 bits per heavy atom. The average Bonchev–Trinajstić information content (AvgIpc) is 3.41. The number of hydrogen-bond acceptors (Lipinski definition) is 5. The first-order valence-electron chi connectivity index (χ1n) is 11.7. The van der Waals surface area contributed by atoms with Crippen LogP contribution in [-0.2, 0) is 0 Å². The molecule has 5 rings (SSSR count). The van der Waals surface area contributed by atoms with Gasteiger partial charge in [-0.15, -0.1) is 0 Å². The minimum Gasteiger partial charge on any atom is -0.351 e. The third-order valence-corrected chi connectivity index (χ3v) is 6.60. The van der Waals surface area contributed by atoms with Crippen LogP contribution in [0.3, 0.4) is 0 Å². The van der Waals surface area contributed by atoms with Gasteiger partial charge in [0.2, 0.25) is 0 Å². The molecule has 1 aliphatic heterocycles. The van der Waals surface area contributed by atoms with Crippen molar-refractivity contribution in [1.29, 1.82) is 0 Å². The van der Waals surface area contributed by atoms with E-state index in [1.165, 1.54) is 6.42 Å². The molecule has 0 radical (unpaired) electrons. The predicted molar refractivity (Wildman–Crippen MR) is 127 cm³/mol. The number of likely N-dealkylation sites (tertiary alicyclic amines) is 1. The number of carbonyl (C=O) groups is 2. The highest BCUT2D eigenvalue weighted by Crippen LogP contribution is 2.22. The number of carbonyl (C=O) groups excluding carboxylic acids is 2. The number of rotatable bonds is 7. The van der Waals surface area contributed by atoms with E-state index in [1.807, 2.05) is 40.9 Å². The van der Waals surface area contributed by atoms with Crippen molar-refractivity contribution in [1.82, 2.24) is 24.9 Å². The van der Waals surface area contributed by atoms with Crippen LogP contribution in [0.2, 0.25) is 0 Å². The molecule has 0 spiro atoms. The third kappa shape index (κ3) is 4.91. The molecule has 3 heterocycles. The average molecular weight is 447 g/mol. The summed E-state index contributed by atoms with van der Waals surface area (Å²) in [5.74, 6) is -0.148. The first kappa shape index (κ1) is 21.6. The highest BCUT2D eigenvalue weighted by Gasteiger charge is 2.21. The van der Waals surface area contributed by atoms with E-state index in [4.69, 9.17) is 5.73 Å². The summed E-state index contributed by atoms with van der Waals surface area (Å²) in [6.07, 6.45) is 8.00. The van der Waals surface area contributed by atoms with Gasteiger partial charge in [0.15, 0.2) is 0 Å². The van der Waals surface area contributed by atoms with E-state index in [0.717, 1.165) is 55.8 Å². The number of fused-ring (bicyclic) bond motifs is 1. The molecule has 8 nitrogen and oxygen atoms in total. The Labute approximate surface area is 193 Å². The van der Waals surface area contributed by atoms with Crippen LogP contribution in [0.25, 0.3) is 16.9 Å². The lowest BCUT2D eigenvalue weighted by Gasteiger charge is -2.26. The van der Waals surface area contributed by atoms with Crippen LogP contribution >= 0.6 is 0 Å². The van der Waals surface area contributed by atoms with Crippen molar-refractivity contribution in [3.8, 4) is 11.3 Å². The monoisotopic (exact) mass is 446 g/mol. The molecule has 2 aromatic heterocycles. The molecule has 2 aliphatic rings. The van der Waals surface area contributed by atoms with Crippen LogP contribution < -0.4 is 16.4 Å². The van der Waals surface area contributed by atoms with E-state index >= 15 is 0 Å². The van der Waals surface area contributed by atoms with Crippen LogP contribution in [0.1, 0.15) is 46.4 Å². The van der Waals surface area contributed by atoms with E-state index in [0.29, 0.717) is 23.7 Å². The second-order valence-electron chi connectivity index (χ2n) is 9.10. The van der Waals surface area contributed by atoms with Crippen molar-refractivity contribution < 1.29 is 9.59 Å². The van der Waals surface area contributed by atoms with E-state index in [-0.39, 0.29) is 17.9 Å². The Morgan fingerprint density at radius 1 is 1.06 bits per heavy atom. The molecule has 2 fully saturated rings. The van der Waals surface area contributed by atoms with Gasteiger partial charge in [-0.05, 0) is 56.5 Å². The fourth-order valence-electron chi connectivity index (χ4n) is 4.40. The molecule has 172 valence electrons. The fourth-order valence-corrected chi connectivity index (χ4v) is 4.40. The maximum absolute atomic E-state index is 12.7. The topological polar surface area (TPSA) is 105 Å². The molecule has 1 unspecified atom stereocenters. The number of benzene rings is 1. The molecular weight excluding hydrogens is 416 g/mol. The quantitative estimate of drug-likeness (QED) is 0.515. The second kappa shape index (κ2) is 9.33. The summed E-state index contributed by atoms with van der Waals surface area (Å²) in [6, 6.07) is 11.7. The summed E-state index contributed by atoms with van der Waals surface area (Å²) in [6.45, 7) is 3.28. The zero-order valence-corrected chi connectivity index (χ0v) is 18.7. The lowest BCUT2D eigenvalue weighted by atomic mass is 9.93. The molecule has 8 heteroatoms. The standard InChI is InChI=1S/C25H30N6O2/c26-20-9-11-30(15-20)12-10-27-24(32)18-4-1-3-17(13-18)22-16-31-14-19(7-8-23(31)29-22)25(33)28-21-5-2-6-21/h1,3-4,7-8,13-14,16,20-21H,2,5-6,9-12,15,26H2,(H,27,32)(H,28,33). The Balaban J connectivity index is 1.25. The van der Waals surface area contributed by atoms with Gasteiger partial charge in [0.25, 0.3) is 11.8 Å². The third-order valence-electron chi connectivity index (χ3n) is 6.60. The molecule has 1 atom stereocenters. The molecule has 4 N–H and O–H groups in total. The fraction of sp³-hybridized carbons (Fsp3) is 0.400. The summed E-state index contributed by atoms with van der Waals surface area (Å²) in [5.41, 5.74) is 9.53. The van der Waals surface area contributed by atoms with Crippen molar-refractivity contribution in [2.45, 2.75) is 37.8 Å². The first-order valence-corrected chi connectivity index (χ1v) is 11.7. The first-order chi connectivity index (χ1) is 16.0.